The molecular formula is C13H18N4O3. The van der Waals surface area contributed by atoms with Gasteiger partial charge in [0, 0.05) is 25.2 Å². The Bertz CT molecular complexity index is 498. The van der Waals surface area contributed by atoms with E-state index in [-0.39, 0.29) is 5.75 Å². The Morgan fingerprint density at radius 1 is 1.50 bits per heavy atom. The maximum absolute atomic E-state index is 10.5. The second-order valence-electron chi connectivity index (χ2n) is 4.52. The molecule has 0 radical (unpaired) electrons. The molecule has 2 rings (SSSR count). The van der Waals surface area contributed by atoms with Crippen LogP contribution in [0.4, 0.5) is 4.79 Å². The zero-order valence-electron chi connectivity index (χ0n) is 11.1. The van der Waals surface area contributed by atoms with Gasteiger partial charge in [-0.3, -0.25) is 4.90 Å². The van der Waals surface area contributed by atoms with Gasteiger partial charge in [0.05, 0.1) is 19.4 Å². The van der Waals surface area contributed by atoms with E-state index in [9.17, 15) is 9.90 Å². The van der Waals surface area contributed by atoms with Crippen molar-refractivity contribution in [2.45, 2.75) is 6.54 Å². The number of hydrogen-bond acceptors (Lipinski definition) is 5. The van der Waals surface area contributed by atoms with E-state index in [0.717, 1.165) is 38.4 Å². The molecule has 0 saturated carbocycles. The number of urea groups is 1. The predicted octanol–water partition coefficient (Wildman–Crippen LogP) is 0.227. The molecule has 0 bridgehead atoms. The lowest BCUT2D eigenvalue weighted by Crippen LogP contribution is -2.35. The average Bonchev–Trinajstić information content (AvgIpc) is 2.43. The molecule has 4 N–H and O–H groups in total. The zero-order valence-corrected chi connectivity index (χ0v) is 11.1. The van der Waals surface area contributed by atoms with Crippen molar-refractivity contribution in [3.63, 3.8) is 0 Å². The Balaban J connectivity index is 2.03. The van der Waals surface area contributed by atoms with E-state index in [1.807, 2.05) is 12.1 Å². The topological polar surface area (TPSA) is 100 Å². The van der Waals surface area contributed by atoms with Gasteiger partial charge in [0.1, 0.15) is 5.75 Å². The summed E-state index contributed by atoms with van der Waals surface area (Å²) in [6.07, 6.45) is 1.36. The van der Waals surface area contributed by atoms with Crippen LogP contribution in [0.2, 0.25) is 0 Å². The van der Waals surface area contributed by atoms with Crippen LogP contribution in [0.25, 0.3) is 0 Å². The van der Waals surface area contributed by atoms with Gasteiger partial charge in [-0.15, -0.1) is 0 Å². The maximum atomic E-state index is 10.5. The summed E-state index contributed by atoms with van der Waals surface area (Å²) in [4.78, 5) is 12.8. The molecule has 1 fully saturated rings. The number of nitrogens with one attached hydrogen (secondary N) is 1. The van der Waals surface area contributed by atoms with E-state index in [1.54, 1.807) is 6.07 Å². The normalized spacial score (nSPS) is 16.4. The summed E-state index contributed by atoms with van der Waals surface area (Å²) in [5.74, 6) is 0.103. The van der Waals surface area contributed by atoms with Gasteiger partial charge in [-0.2, -0.15) is 5.10 Å². The molecule has 2 amide bonds. The van der Waals surface area contributed by atoms with Crippen LogP contribution in [0.3, 0.4) is 0 Å². The fourth-order valence-electron chi connectivity index (χ4n) is 1.99. The van der Waals surface area contributed by atoms with Gasteiger partial charge in [0.15, 0.2) is 0 Å². The second kappa shape index (κ2) is 6.88. The van der Waals surface area contributed by atoms with Crippen LogP contribution in [-0.2, 0) is 11.3 Å². The highest BCUT2D eigenvalue weighted by molar-refractivity contribution is 5.84. The van der Waals surface area contributed by atoms with E-state index in [4.69, 9.17) is 10.5 Å². The molecule has 7 nitrogen and oxygen atoms in total. The summed E-state index contributed by atoms with van der Waals surface area (Å²) in [6, 6.07) is 4.56. The van der Waals surface area contributed by atoms with Crippen molar-refractivity contribution in [2.24, 2.45) is 10.8 Å². The number of morpholine rings is 1. The summed E-state index contributed by atoms with van der Waals surface area (Å²) in [6.45, 7) is 4.07. The van der Waals surface area contributed by atoms with Crippen molar-refractivity contribution in [2.75, 3.05) is 26.3 Å². The quantitative estimate of drug-likeness (QED) is 0.542. The number of hydrogen-bond donors (Lipinski definition) is 3. The van der Waals surface area contributed by atoms with Crippen molar-refractivity contribution in [1.29, 1.82) is 0 Å². The lowest BCUT2D eigenvalue weighted by molar-refractivity contribution is 0.0342. The van der Waals surface area contributed by atoms with Crippen molar-refractivity contribution in [3.05, 3.63) is 29.3 Å². The highest BCUT2D eigenvalue weighted by atomic mass is 16.5. The molecule has 0 aromatic heterocycles. The SMILES string of the molecule is NC(=O)NN=Cc1cc(CN2CCOCC2)ccc1O. The van der Waals surface area contributed by atoms with Crippen LogP contribution in [0.1, 0.15) is 11.1 Å². The van der Waals surface area contributed by atoms with Crippen LogP contribution in [0.5, 0.6) is 5.75 Å². The van der Waals surface area contributed by atoms with E-state index >= 15 is 0 Å². The van der Waals surface area contributed by atoms with Crippen molar-refractivity contribution < 1.29 is 14.6 Å². The minimum atomic E-state index is -0.745. The maximum Gasteiger partial charge on any atom is 0.332 e. The molecule has 0 atom stereocenters. The third-order valence-electron chi connectivity index (χ3n) is 2.98. The molecule has 1 saturated heterocycles. The predicted molar refractivity (Wildman–Crippen MR) is 74.5 cm³/mol. The van der Waals surface area contributed by atoms with Crippen LogP contribution in [-0.4, -0.2) is 48.6 Å². The van der Waals surface area contributed by atoms with Gasteiger partial charge in [-0.05, 0) is 17.7 Å². The Morgan fingerprint density at radius 2 is 2.25 bits per heavy atom. The van der Waals surface area contributed by atoms with Crippen LogP contribution in [0, 0.1) is 0 Å². The van der Waals surface area contributed by atoms with E-state index in [0.29, 0.717) is 5.56 Å². The number of hydrazone groups is 1. The number of rotatable bonds is 4. The average molecular weight is 278 g/mol. The van der Waals surface area contributed by atoms with E-state index < -0.39 is 6.03 Å². The van der Waals surface area contributed by atoms with Crippen LogP contribution >= 0.6 is 0 Å². The Morgan fingerprint density at radius 3 is 2.95 bits per heavy atom. The van der Waals surface area contributed by atoms with Crippen molar-refractivity contribution in [1.82, 2.24) is 10.3 Å². The lowest BCUT2D eigenvalue weighted by Gasteiger charge is -2.26. The van der Waals surface area contributed by atoms with Gasteiger partial charge in [-0.1, -0.05) is 6.07 Å². The number of nitrogens with zero attached hydrogens (tertiary/aromatic N) is 2. The zero-order chi connectivity index (χ0) is 14.4. The minimum Gasteiger partial charge on any atom is -0.507 e. The Hall–Kier alpha value is -2.12. The van der Waals surface area contributed by atoms with Gasteiger partial charge in [-0.25, -0.2) is 10.2 Å². The van der Waals surface area contributed by atoms with Crippen molar-refractivity contribution >= 4 is 12.2 Å². The Kier molecular flexibility index (Phi) is 4.91. The fourth-order valence-corrected chi connectivity index (χ4v) is 1.99. The molecule has 0 aliphatic carbocycles. The first kappa shape index (κ1) is 14.3. The lowest BCUT2D eigenvalue weighted by atomic mass is 10.1. The second-order valence-corrected chi connectivity index (χ2v) is 4.52. The number of aromatic hydroxyl groups is 1. The summed E-state index contributed by atoms with van der Waals surface area (Å²) in [5.41, 5.74) is 8.59. The van der Waals surface area contributed by atoms with Crippen molar-refractivity contribution in [3.8, 4) is 5.75 Å². The monoisotopic (exact) mass is 278 g/mol. The van der Waals surface area contributed by atoms with E-state index in [2.05, 4.69) is 15.4 Å². The van der Waals surface area contributed by atoms with Gasteiger partial charge in [0.25, 0.3) is 0 Å². The third kappa shape index (κ3) is 4.22. The number of ether oxygens (including phenoxy) is 1. The molecule has 1 aliphatic heterocycles. The van der Waals surface area contributed by atoms with Crippen LogP contribution in [0.15, 0.2) is 23.3 Å². The summed E-state index contributed by atoms with van der Waals surface area (Å²) < 4.78 is 5.30. The number of amides is 2. The number of benzene rings is 1. The summed E-state index contributed by atoms with van der Waals surface area (Å²) >= 11 is 0. The molecule has 7 heteroatoms. The third-order valence-corrected chi connectivity index (χ3v) is 2.98. The van der Waals surface area contributed by atoms with E-state index in [1.165, 1.54) is 6.21 Å². The first-order valence-corrected chi connectivity index (χ1v) is 6.35. The molecule has 1 heterocycles. The first-order valence-electron chi connectivity index (χ1n) is 6.35. The largest absolute Gasteiger partial charge is 0.507 e. The van der Waals surface area contributed by atoms with Gasteiger partial charge >= 0.3 is 6.03 Å². The molecule has 0 spiro atoms. The molecule has 1 aromatic carbocycles. The minimum absolute atomic E-state index is 0.103. The smallest absolute Gasteiger partial charge is 0.332 e. The van der Waals surface area contributed by atoms with Crippen LogP contribution < -0.4 is 11.2 Å². The molecule has 1 aliphatic rings. The van der Waals surface area contributed by atoms with Gasteiger partial charge in [0.2, 0.25) is 0 Å². The summed E-state index contributed by atoms with van der Waals surface area (Å²) in [7, 11) is 0. The fraction of sp³-hybridized carbons (Fsp3) is 0.385. The standard InChI is InChI=1S/C13H18N4O3/c14-13(19)16-15-8-11-7-10(1-2-12(11)18)9-17-3-5-20-6-4-17/h1-2,7-8,18H,3-6,9H2,(H3,14,16,19). The first-order chi connectivity index (χ1) is 9.65. The number of carbonyl (C=O) groups is 1. The molecule has 0 unspecified atom stereocenters. The number of phenolic OH excluding ortho intramolecular Hbond substituents is 1. The highest BCUT2D eigenvalue weighted by Gasteiger charge is 2.11. The molecule has 20 heavy (non-hydrogen) atoms. The molecule has 1 aromatic rings. The number of nitrogens with two attached hydrogens (primary N) is 1. The molecule has 108 valence electrons. The number of carbonyl (C=O) groups excluding carboxylic acids is 1. The van der Waals surface area contributed by atoms with Gasteiger partial charge < -0.3 is 15.6 Å². The molecular weight excluding hydrogens is 260 g/mol. The number of phenols is 1. The summed E-state index contributed by atoms with van der Waals surface area (Å²) in [5, 5.41) is 13.4. The Labute approximate surface area is 117 Å². The highest BCUT2D eigenvalue weighted by Crippen LogP contribution is 2.18. The number of primary amides is 1.